The number of H-pyrrole nitrogens is 1. The van der Waals surface area contributed by atoms with Crippen LogP contribution in [0.5, 0.6) is 5.75 Å². The molecule has 2 rings (SSSR count). The third kappa shape index (κ3) is 1.79. The number of rotatable bonds is 2. The molecule has 0 saturated heterocycles. The monoisotopic (exact) mass is 208 g/mol. The Balaban J connectivity index is 2.70. The third-order valence-electron chi connectivity index (χ3n) is 2.06. The van der Waals surface area contributed by atoms with Gasteiger partial charge in [0.15, 0.2) is 0 Å². The minimum atomic E-state index is -0.529. The lowest BCUT2D eigenvalue weighted by Gasteiger charge is -1.98. The smallest absolute Gasteiger partial charge is 0.310 e. The summed E-state index contributed by atoms with van der Waals surface area (Å²) >= 11 is 0. The van der Waals surface area contributed by atoms with E-state index in [1.54, 1.807) is 0 Å². The van der Waals surface area contributed by atoms with Crippen molar-refractivity contribution < 1.29 is 18.8 Å². The number of benzene rings is 1. The van der Waals surface area contributed by atoms with E-state index in [2.05, 4.69) is 9.72 Å². The number of carbonyl (C=O) groups is 1. The average Bonchev–Trinajstić information content (AvgIpc) is 2.63. The van der Waals surface area contributed by atoms with E-state index in [0.717, 1.165) is 0 Å². The summed E-state index contributed by atoms with van der Waals surface area (Å²) in [6.45, 7) is 0. The van der Waals surface area contributed by atoms with Crippen molar-refractivity contribution in [2.75, 3.05) is 7.11 Å². The molecule has 4 nitrogen and oxygen atoms in total. The van der Waals surface area contributed by atoms with E-state index in [4.69, 9.17) is 4.11 Å². The second kappa shape index (κ2) is 3.65. The van der Waals surface area contributed by atoms with Crippen LogP contribution in [-0.4, -0.2) is 23.2 Å². The van der Waals surface area contributed by atoms with Crippen LogP contribution in [-0.2, 0) is 16.0 Å². The van der Waals surface area contributed by atoms with Crippen molar-refractivity contribution >= 4 is 16.9 Å². The first-order chi connectivity index (χ1) is 8.45. The first-order valence-electron chi connectivity index (χ1n) is 5.82. The molecule has 1 aromatic heterocycles. The Kier molecular flexibility index (Phi) is 1.58. The van der Waals surface area contributed by atoms with Gasteiger partial charge in [0, 0.05) is 17.1 Å². The third-order valence-corrected chi connectivity index (χ3v) is 2.06. The van der Waals surface area contributed by atoms with E-state index < -0.39 is 11.7 Å². The van der Waals surface area contributed by atoms with Gasteiger partial charge in [0.25, 0.3) is 0 Å². The molecular weight excluding hydrogens is 194 g/mol. The Labute approximate surface area is 90.7 Å². The van der Waals surface area contributed by atoms with Gasteiger partial charge in [-0.15, -0.1) is 0 Å². The van der Waals surface area contributed by atoms with E-state index in [1.807, 2.05) is 0 Å². The molecule has 15 heavy (non-hydrogen) atoms. The molecule has 0 amide bonds. The summed E-state index contributed by atoms with van der Waals surface area (Å²) in [6.07, 6.45) is -0.174. The Hall–Kier alpha value is -1.97. The number of carbonyl (C=O) groups excluding carboxylic acids is 1. The standard InChI is InChI=1S/C11H11NO3/c1-15-11(14)4-7-6-12-10-3-2-8(13)5-9(7)10/h2-3,5-6,12-13H,4H2,1H3/i2D,5D,6D. The summed E-state index contributed by atoms with van der Waals surface area (Å²) in [5, 5.41) is 9.84. The molecule has 0 aliphatic carbocycles. The zero-order valence-corrected chi connectivity index (χ0v) is 8.05. The lowest BCUT2D eigenvalue weighted by atomic mass is 10.1. The number of hydrogen-bond donors (Lipinski definition) is 2. The number of hydrogen-bond acceptors (Lipinski definition) is 3. The SMILES string of the molecule is [2H]c1cc2[nH]c([2H])c(CC(=O)OC)c2c([2H])c1O. The number of nitrogens with one attached hydrogen (secondary N) is 1. The molecule has 0 bridgehead atoms. The molecule has 1 heterocycles. The highest BCUT2D eigenvalue weighted by atomic mass is 16.5. The molecule has 0 fully saturated rings. The fourth-order valence-corrected chi connectivity index (χ4v) is 1.33. The predicted molar refractivity (Wildman–Crippen MR) is 55.7 cm³/mol. The van der Waals surface area contributed by atoms with E-state index in [-0.39, 0.29) is 35.6 Å². The van der Waals surface area contributed by atoms with Gasteiger partial charge in [-0.3, -0.25) is 4.79 Å². The Morgan fingerprint density at radius 3 is 3.27 bits per heavy atom. The van der Waals surface area contributed by atoms with Crippen molar-refractivity contribution in [2.45, 2.75) is 6.42 Å². The number of ether oxygens (including phenoxy) is 1. The maximum Gasteiger partial charge on any atom is 0.310 e. The molecule has 0 unspecified atom stereocenters. The van der Waals surface area contributed by atoms with Crippen LogP contribution in [0.3, 0.4) is 0 Å². The molecule has 0 spiro atoms. The van der Waals surface area contributed by atoms with Gasteiger partial charge in [0.05, 0.1) is 17.6 Å². The van der Waals surface area contributed by atoms with Gasteiger partial charge in [0.1, 0.15) is 5.75 Å². The predicted octanol–water partition coefficient (Wildman–Crippen LogP) is 1.59. The largest absolute Gasteiger partial charge is 0.508 e. The topological polar surface area (TPSA) is 62.3 Å². The fraction of sp³-hybridized carbons (Fsp3) is 0.182. The maximum absolute atomic E-state index is 11.3. The van der Waals surface area contributed by atoms with E-state index >= 15 is 0 Å². The van der Waals surface area contributed by atoms with Crippen LogP contribution in [0.15, 0.2) is 24.3 Å². The molecule has 0 aliphatic rings. The lowest BCUT2D eigenvalue weighted by molar-refractivity contribution is -0.139. The number of methoxy groups -OCH3 is 1. The van der Waals surface area contributed by atoms with Crippen LogP contribution in [0.1, 0.15) is 9.68 Å². The summed E-state index contributed by atoms with van der Waals surface area (Å²) in [7, 11) is 1.24. The van der Waals surface area contributed by atoms with Crippen LogP contribution in [0.4, 0.5) is 0 Å². The second-order valence-corrected chi connectivity index (χ2v) is 3.03. The van der Waals surface area contributed by atoms with Crippen molar-refractivity contribution in [1.29, 1.82) is 0 Å². The average molecular weight is 208 g/mol. The highest BCUT2D eigenvalue weighted by Gasteiger charge is 2.08. The van der Waals surface area contributed by atoms with Crippen molar-refractivity contribution in [3.05, 3.63) is 29.9 Å². The van der Waals surface area contributed by atoms with Crippen LogP contribution in [0, 0.1) is 0 Å². The first-order valence-corrected chi connectivity index (χ1v) is 4.32. The summed E-state index contributed by atoms with van der Waals surface area (Å²) in [5.41, 5.74) is 0.670. The molecule has 0 saturated carbocycles. The van der Waals surface area contributed by atoms with Gasteiger partial charge in [-0.05, 0) is 23.7 Å². The molecular formula is C11H11NO3. The van der Waals surface area contributed by atoms with Gasteiger partial charge in [0.2, 0.25) is 0 Å². The normalized spacial score (nSPS) is 13.3. The highest BCUT2D eigenvalue weighted by Crippen LogP contribution is 2.23. The number of phenolic OH excluding ortho intramolecular Hbond substituents is 1. The summed E-state index contributed by atoms with van der Waals surface area (Å²) in [5.74, 6) is -0.995. The second-order valence-electron chi connectivity index (χ2n) is 3.03. The Morgan fingerprint density at radius 1 is 1.73 bits per heavy atom. The van der Waals surface area contributed by atoms with Crippen molar-refractivity contribution in [1.82, 2.24) is 4.98 Å². The molecule has 0 radical (unpaired) electrons. The number of fused-ring (bicyclic) bond motifs is 1. The zero-order chi connectivity index (χ0) is 13.4. The number of phenols is 1. The molecule has 0 aliphatic heterocycles. The van der Waals surface area contributed by atoms with E-state index in [1.165, 1.54) is 13.2 Å². The molecule has 2 N–H and O–H groups in total. The highest BCUT2D eigenvalue weighted by molar-refractivity contribution is 5.88. The van der Waals surface area contributed by atoms with Crippen LogP contribution < -0.4 is 0 Å². The van der Waals surface area contributed by atoms with Crippen molar-refractivity contribution in [3.63, 3.8) is 0 Å². The minimum absolute atomic E-state index is 0.0195. The number of aromatic amines is 1. The number of aromatic hydroxyl groups is 1. The van der Waals surface area contributed by atoms with Crippen molar-refractivity contribution in [2.24, 2.45) is 0 Å². The van der Waals surface area contributed by atoms with Gasteiger partial charge >= 0.3 is 5.97 Å². The number of aromatic nitrogens is 1. The van der Waals surface area contributed by atoms with Gasteiger partial charge in [-0.1, -0.05) is 0 Å². The quantitative estimate of drug-likeness (QED) is 0.737. The maximum atomic E-state index is 11.3. The molecule has 4 heteroatoms. The zero-order valence-electron chi connectivity index (χ0n) is 11.0. The van der Waals surface area contributed by atoms with Crippen LogP contribution in [0.25, 0.3) is 10.9 Å². The van der Waals surface area contributed by atoms with Gasteiger partial charge in [-0.2, -0.15) is 0 Å². The summed E-state index contributed by atoms with van der Waals surface area (Å²) in [6, 6.07) is 0.867. The molecule has 1 aromatic carbocycles. The van der Waals surface area contributed by atoms with Gasteiger partial charge in [-0.25, -0.2) is 0 Å². The van der Waals surface area contributed by atoms with E-state index in [0.29, 0.717) is 5.52 Å². The number of esters is 1. The first kappa shape index (κ1) is 6.50. The Morgan fingerprint density at radius 2 is 2.53 bits per heavy atom. The summed E-state index contributed by atoms with van der Waals surface area (Å²) < 4.78 is 27.5. The van der Waals surface area contributed by atoms with E-state index in [9.17, 15) is 9.90 Å². The fourth-order valence-electron chi connectivity index (χ4n) is 1.33. The van der Waals surface area contributed by atoms with Crippen LogP contribution >= 0.6 is 0 Å². The molecule has 2 aromatic rings. The lowest BCUT2D eigenvalue weighted by Crippen LogP contribution is -2.03. The minimum Gasteiger partial charge on any atom is -0.508 e. The van der Waals surface area contributed by atoms with Crippen molar-refractivity contribution in [3.8, 4) is 5.75 Å². The van der Waals surface area contributed by atoms with Crippen LogP contribution in [0.2, 0.25) is 0 Å². The Bertz CT molecular complexity index is 636. The molecule has 0 atom stereocenters. The van der Waals surface area contributed by atoms with Gasteiger partial charge < -0.3 is 14.8 Å². The molecule has 78 valence electrons. The summed E-state index contributed by atoms with van der Waals surface area (Å²) in [4.78, 5) is 13.9.